The molecule has 4 nitrogen and oxygen atoms in total. The van der Waals surface area contributed by atoms with Gasteiger partial charge in [0.1, 0.15) is 0 Å². The molecule has 0 N–H and O–H groups in total. The monoisotopic (exact) mass is 440 g/mol. The highest BCUT2D eigenvalue weighted by Gasteiger charge is 2.29. The number of hydrogen-bond donors (Lipinski definition) is 0. The number of nitrogens with zero attached hydrogens (tertiary/aromatic N) is 4. The van der Waals surface area contributed by atoms with Gasteiger partial charge in [-0.1, -0.05) is 11.2 Å². The molecule has 0 aliphatic carbocycles. The van der Waals surface area contributed by atoms with E-state index < -0.39 is 24.3 Å². The molecule has 0 aromatic rings. The van der Waals surface area contributed by atoms with E-state index in [1.54, 1.807) is 0 Å². The summed E-state index contributed by atoms with van der Waals surface area (Å²) in [7, 11) is 0. The van der Waals surface area contributed by atoms with Crippen LogP contribution in [0.4, 0.5) is 0 Å². The molecule has 0 radical (unpaired) electrons. The van der Waals surface area contributed by atoms with Gasteiger partial charge in [0.25, 0.3) is 17.7 Å². The van der Waals surface area contributed by atoms with E-state index in [2.05, 4.69) is 18.1 Å². The third-order valence-electron chi connectivity index (χ3n) is 0.972. The molecule has 0 bridgehead atoms. The third-order valence-corrected chi connectivity index (χ3v) is 17.3. The van der Waals surface area contributed by atoms with E-state index in [-0.39, 0.29) is 0 Å². The van der Waals surface area contributed by atoms with Gasteiger partial charge in [-0.2, -0.15) is 18.1 Å². The molecule has 96 valence electrons. The predicted molar refractivity (Wildman–Crippen MR) is 84.3 cm³/mol. The van der Waals surface area contributed by atoms with Crippen LogP contribution >= 0.6 is 103 Å². The first-order valence-corrected chi connectivity index (χ1v) is 16.8. The Balaban J connectivity index is 3.67. The number of halogens is 7. The average molecular weight is 443 g/mol. The first-order valence-electron chi connectivity index (χ1n) is 3.23. The van der Waals surface area contributed by atoms with Crippen molar-refractivity contribution < 1.29 is 0 Å². The van der Waals surface area contributed by atoms with Crippen LogP contribution in [0.1, 0.15) is 0 Å². The third kappa shape index (κ3) is 5.94. The summed E-state index contributed by atoms with van der Waals surface area (Å²) < 4.78 is 15.4. The smallest absolute Gasteiger partial charge is 0.199 e. The predicted octanol–water partition coefficient (Wildman–Crippen LogP) is 9.17. The molecule has 16 heavy (non-hydrogen) atoms. The second-order valence-corrected chi connectivity index (χ2v) is 21.7. The van der Waals surface area contributed by atoms with Crippen molar-refractivity contribution in [2.75, 3.05) is 6.66 Å². The molecule has 1 atom stereocenters. The van der Waals surface area contributed by atoms with Gasteiger partial charge in [-0.25, -0.2) is 0 Å². The van der Waals surface area contributed by atoms with Crippen LogP contribution in [0, 0.1) is 0 Å². The lowest BCUT2D eigenvalue weighted by Gasteiger charge is -2.17. The summed E-state index contributed by atoms with van der Waals surface area (Å²) in [6.07, 6.45) is 0. The minimum atomic E-state index is -3.17. The minimum absolute atomic E-state index is 1.52. The zero-order valence-electron chi connectivity index (χ0n) is 7.22. The Morgan fingerprint density at radius 2 is 0.875 bits per heavy atom. The highest BCUT2D eigenvalue weighted by molar-refractivity contribution is 8.24. The summed E-state index contributed by atoms with van der Waals surface area (Å²) in [6, 6.07) is 0. The molecule has 0 aromatic heterocycles. The maximum absolute atomic E-state index is 6.01. The van der Waals surface area contributed by atoms with E-state index in [1.165, 1.54) is 6.66 Å². The van der Waals surface area contributed by atoms with Gasteiger partial charge in [-0.05, 0) is 67.4 Å². The lowest BCUT2D eigenvalue weighted by Crippen LogP contribution is -1.65. The topological polar surface area (TPSA) is 49.4 Å². The maximum atomic E-state index is 6.01. The Hall–Kier alpha value is 2.95. The van der Waals surface area contributed by atoms with Crippen molar-refractivity contribution in [2.45, 2.75) is 0 Å². The average Bonchev–Trinajstić information content (AvgIpc) is 1.67. The fourth-order valence-electron chi connectivity index (χ4n) is 0.723. The molecule has 0 amide bonds. The van der Waals surface area contributed by atoms with Gasteiger partial charge in [0, 0.05) is 6.66 Å². The largest absolute Gasteiger partial charge is 0.257 e. The number of rotatable bonds is 0. The molecule has 0 spiro atoms. The van der Waals surface area contributed by atoms with Gasteiger partial charge >= 0.3 is 0 Å². The molecule has 1 aliphatic heterocycles. The van der Waals surface area contributed by atoms with Gasteiger partial charge in [-0.15, -0.1) is 0 Å². The quantitative estimate of drug-likeness (QED) is 0.335. The molecule has 1 unspecified atom stereocenters. The van der Waals surface area contributed by atoms with E-state index in [0.717, 1.165) is 0 Å². The highest BCUT2D eigenvalue weighted by Crippen LogP contribution is 2.86. The molecule has 15 heteroatoms. The molecule has 1 rings (SSSR count). The van der Waals surface area contributed by atoms with Gasteiger partial charge in [-0.3, -0.25) is 0 Å². The maximum Gasteiger partial charge on any atom is 0.257 e. The van der Waals surface area contributed by atoms with Crippen molar-refractivity contribution in [1.29, 1.82) is 0 Å². The summed E-state index contributed by atoms with van der Waals surface area (Å²) in [5.41, 5.74) is 0. The van der Waals surface area contributed by atoms with Gasteiger partial charge in [0.15, 0.2) is 6.56 Å². The Morgan fingerprint density at radius 3 is 1.31 bits per heavy atom. The van der Waals surface area contributed by atoms with Crippen molar-refractivity contribution in [2.24, 2.45) is 18.1 Å². The lowest BCUT2D eigenvalue weighted by atomic mass is 12.0. The molecule has 1 heterocycles. The normalized spacial score (nSPS) is 35.5. The SMILES string of the molecule is CP1(Cl)=NP(Cl)(Cl)=NP(Cl)(Cl)=NP(Cl)(Cl)=N1. The summed E-state index contributed by atoms with van der Waals surface area (Å²) in [6.45, 7) is -1.18. The molecular formula is CH3Cl7N4P4. The van der Waals surface area contributed by atoms with Crippen LogP contribution in [0.15, 0.2) is 18.1 Å². The number of hydrogen-bond acceptors (Lipinski definition) is 4. The van der Waals surface area contributed by atoms with E-state index >= 15 is 0 Å². The van der Waals surface area contributed by atoms with Crippen LogP contribution in [0.25, 0.3) is 0 Å². The van der Waals surface area contributed by atoms with Crippen LogP contribution in [0.5, 0.6) is 0 Å². The summed E-state index contributed by atoms with van der Waals surface area (Å²) in [4.78, 5) is 0. The van der Waals surface area contributed by atoms with E-state index in [0.29, 0.717) is 0 Å². The van der Waals surface area contributed by atoms with Crippen LogP contribution in [-0.4, -0.2) is 6.66 Å². The van der Waals surface area contributed by atoms with Crippen LogP contribution in [0.2, 0.25) is 0 Å². The molecule has 0 aromatic carbocycles. The zero-order chi connectivity index (χ0) is 12.8. The van der Waals surface area contributed by atoms with E-state index in [9.17, 15) is 0 Å². The second kappa shape index (κ2) is 5.38. The van der Waals surface area contributed by atoms with Crippen molar-refractivity contribution in [3.8, 4) is 0 Å². The van der Waals surface area contributed by atoms with Gasteiger partial charge < -0.3 is 0 Å². The highest BCUT2D eigenvalue weighted by atomic mass is 35.9. The fraction of sp³-hybridized carbons (Fsp3) is 1.00. The summed E-state index contributed by atoms with van der Waals surface area (Å²) >= 11 is 41.1. The molecule has 1 aliphatic rings. The fourth-order valence-corrected chi connectivity index (χ4v) is 25.1. The summed E-state index contributed by atoms with van der Waals surface area (Å²) in [5.74, 6) is -9.36. The van der Waals surface area contributed by atoms with Crippen molar-refractivity contribution in [3.63, 3.8) is 0 Å². The van der Waals surface area contributed by atoms with Crippen molar-refractivity contribution in [3.05, 3.63) is 0 Å². The van der Waals surface area contributed by atoms with Crippen LogP contribution in [0.3, 0.4) is 0 Å². The van der Waals surface area contributed by atoms with Gasteiger partial charge in [0.2, 0.25) is 0 Å². The standard InChI is InChI=1S/CH3Cl7N4P4/c1-13(2)9-14(3,4)11-16(7,8)12-15(5,6)10-13/h1H3. The minimum Gasteiger partial charge on any atom is -0.199 e. The van der Waals surface area contributed by atoms with E-state index in [4.69, 9.17) is 78.7 Å². The van der Waals surface area contributed by atoms with E-state index in [1.807, 2.05) is 0 Å². The Morgan fingerprint density at radius 1 is 0.562 bits per heavy atom. The molecule has 0 saturated carbocycles. The van der Waals surface area contributed by atoms with Crippen LogP contribution in [-0.2, 0) is 0 Å². The second-order valence-electron chi connectivity index (χ2n) is 2.53. The zero-order valence-corrected chi connectivity index (χ0v) is 16.1. The van der Waals surface area contributed by atoms with Crippen LogP contribution < -0.4 is 0 Å². The van der Waals surface area contributed by atoms with Crippen molar-refractivity contribution >= 4 is 103 Å². The van der Waals surface area contributed by atoms with Gasteiger partial charge in [0.05, 0.1) is 0 Å². The first kappa shape index (κ1) is 17.0. The Bertz CT molecular complexity index is 390. The summed E-state index contributed by atoms with van der Waals surface area (Å²) in [5, 5.41) is 0. The first-order chi connectivity index (χ1) is 6.83. The lowest BCUT2D eigenvalue weighted by molar-refractivity contribution is 1.77. The molecule has 0 saturated heterocycles. The Labute approximate surface area is 127 Å². The molecular weight excluding hydrogens is 440 g/mol. The molecule has 0 fully saturated rings. The Kier molecular flexibility index (Phi) is 5.72. The van der Waals surface area contributed by atoms with Crippen molar-refractivity contribution in [1.82, 2.24) is 0 Å².